The van der Waals surface area contributed by atoms with Crippen molar-refractivity contribution in [1.82, 2.24) is 0 Å². The number of anilines is 1. The van der Waals surface area contributed by atoms with E-state index in [9.17, 15) is 13.6 Å². The highest BCUT2D eigenvalue weighted by atomic mass is 79.9. The lowest BCUT2D eigenvalue weighted by atomic mass is 10.1. The molecule has 0 aliphatic carbocycles. The lowest BCUT2D eigenvalue weighted by molar-refractivity contribution is 0.102. The van der Waals surface area contributed by atoms with Crippen LogP contribution in [0.5, 0.6) is 0 Å². The summed E-state index contributed by atoms with van der Waals surface area (Å²) in [6, 6.07) is 9.07. The summed E-state index contributed by atoms with van der Waals surface area (Å²) in [5.74, 6) is -2.20. The Hall–Kier alpha value is -1.75. The number of amides is 1. The highest BCUT2D eigenvalue weighted by molar-refractivity contribution is 9.10. The molecule has 0 aromatic heterocycles. The second-order valence-corrected chi connectivity index (χ2v) is 5.16. The predicted octanol–water partition coefficient (Wildman–Crippen LogP) is 4.54. The third-order valence-electron chi connectivity index (χ3n) is 2.87. The maximum absolute atomic E-state index is 13.6. The number of benzene rings is 2. The van der Waals surface area contributed by atoms with Crippen LogP contribution in [-0.4, -0.2) is 5.91 Å². The van der Waals surface area contributed by atoms with Crippen LogP contribution in [0.2, 0.25) is 0 Å². The summed E-state index contributed by atoms with van der Waals surface area (Å²) < 4.78 is 27.5. The molecule has 2 nitrogen and oxygen atoms in total. The number of nitrogens with one attached hydrogen (secondary N) is 1. The first-order chi connectivity index (χ1) is 9.51. The Bertz CT molecular complexity index is 618. The number of hydrogen-bond acceptors (Lipinski definition) is 1. The first-order valence-corrected chi connectivity index (χ1v) is 6.85. The molecule has 5 heteroatoms. The molecule has 0 unspecified atom stereocenters. The number of carbonyl (C=O) groups excluding carboxylic acids is 1. The highest BCUT2D eigenvalue weighted by Crippen LogP contribution is 2.24. The maximum Gasteiger partial charge on any atom is 0.255 e. The van der Waals surface area contributed by atoms with Gasteiger partial charge in [0, 0.05) is 10.0 Å². The van der Waals surface area contributed by atoms with E-state index in [2.05, 4.69) is 21.2 Å². The van der Waals surface area contributed by atoms with Crippen LogP contribution in [0.15, 0.2) is 40.9 Å². The van der Waals surface area contributed by atoms with Gasteiger partial charge in [-0.25, -0.2) is 8.78 Å². The topological polar surface area (TPSA) is 29.1 Å². The Morgan fingerprint density at radius 3 is 2.20 bits per heavy atom. The molecule has 2 rings (SSSR count). The van der Waals surface area contributed by atoms with Crippen LogP contribution in [0.1, 0.15) is 22.8 Å². The molecule has 1 N–H and O–H groups in total. The fourth-order valence-electron chi connectivity index (χ4n) is 1.74. The SMILES string of the molecule is CCc1ccc(C(=O)Nc2c(F)cc(Br)cc2F)cc1. The van der Waals surface area contributed by atoms with Gasteiger partial charge in [-0.1, -0.05) is 35.0 Å². The maximum atomic E-state index is 13.6. The second-order valence-electron chi connectivity index (χ2n) is 4.25. The molecule has 2 aromatic rings. The van der Waals surface area contributed by atoms with Crippen LogP contribution in [0.3, 0.4) is 0 Å². The molecule has 2 aromatic carbocycles. The fourth-order valence-corrected chi connectivity index (χ4v) is 2.14. The first kappa shape index (κ1) is 14.7. The molecular weight excluding hydrogens is 328 g/mol. The summed E-state index contributed by atoms with van der Waals surface area (Å²) in [6.45, 7) is 2.00. The zero-order valence-electron chi connectivity index (χ0n) is 10.7. The van der Waals surface area contributed by atoms with E-state index in [1.807, 2.05) is 19.1 Å². The summed E-state index contributed by atoms with van der Waals surface area (Å²) >= 11 is 2.98. The van der Waals surface area contributed by atoms with Gasteiger partial charge in [-0.3, -0.25) is 4.79 Å². The van der Waals surface area contributed by atoms with Gasteiger partial charge in [0.15, 0.2) is 11.6 Å². The third-order valence-corrected chi connectivity index (χ3v) is 3.33. The van der Waals surface area contributed by atoms with Crippen molar-refractivity contribution in [2.75, 3.05) is 5.32 Å². The zero-order chi connectivity index (χ0) is 14.7. The van der Waals surface area contributed by atoms with Crippen LogP contribution < -0.4 is 5.32 Å². The Balaban J connectivity index is 2.23. The molecule has 0 atom stereocenters. The predicted molar refractivity (Wildman–Crippen MR) is 77.8 cm³/mol. The molecule has 0 bridgehead atoms. The van der Waals surface area contributed by atoms with Gasteiger partial charge in [-0.05, 0) is 36.2 Å². The summed E-state index contributed by atoms with van der Waals surface area (Å²) in [4.78, 5) is 11.9. The van der Waals surface area contributed by atoms with E-state index in [0.717, 1.165) is 24.1 Å². The smallest absolute Gasteiger partial charge is 0.255 e. The second kappa shape index (κ2) is 6.13. The molecule has 0 aliphatic rings. The molecule has 0 heterocycles. The molecule has 0 aliphatic heterocycles. The van der Waals surface area contributed by atoms with Gasteiger partial charge >= 0.3 is 0 Å². The minimum Gasteiger partial charge on any atom is -0.317 e. The molecule has 1 amide bonds. The molecule has 20 heavy (non-hydrogen) atoms. The van der Waals surface area contributed by atoms with Crippen molar-refractivity contribution in [2.45, 2.75) is 13.3 Å². The molecular formula is C15H12BrF2NO. The number of carbonyl (C=O) groups is 1. The van der Waals surface area contributed by atoms with Crippen molar-refractivity contribution in [3.05, 3.63) is 63.6 Å². The van der Waals surface area contributed by atoms with Crippen LogP contribution in [-0.2, 0) is 6.42 Å². The number of rotatable bonds is 3. The van der Waals surface area contributed by atoms with Gasteiger partial charge in [0.1, 0.15) is 5.69 Å². The molecule has 0 radical (unpaired) electrons. The number of hydrogen-bond donors (Lipinski definition) is 1. The van der Waals surface area contributed by atoms with E-state index in [4.69, 9.17) is 0 Å². The normalized spacial score (nSPS) is 10.4. The van der Waals surface area contributed by atoms with E-state index in [1.54, 1.807) is 12.1 Å². The van der Waals surface area contributed by atoms with Gasteiger partial charge in [0.25, 0.3) is 5.91 Å². The number of halogens is 3. The van der Waals surface area contributed by atoms with E-state index >= 15 is 0 Å². The zero-order valence-corrected chi connectivity index (χ0v) is 12.3. The van der Waals surface area contributed by atoms with Crippen molar-refractivity contribution in [2.24, 2.45) is 0 Å². The van der Waals surface area contributed by atoms with Crippen LogP contribution in [0.25, 0.3) is 0 Å². The average Bonchev–Trinajstić information content (AvgIpc) is 2.42. The van der Waals surface area contributed by atoms with E-state index in [-0.39, 0.29) is 4.47 Å². The Kier molecular flexibility index (Phi) is 4.49. The molecule has 0 spiro atoms. The third kappa shape index (κ3) is 3.22. The standard InChI is InChI=1S/C15H12BrF2NO/c1-2-9-3-5-10(6-4-9)15(20)19-14-12(17)7-11(16)8-13(14)18/h3-8H,2H2,1H3,(H,19,20). The van der Waals surface area contributed by atoms with E-state index in [0.29, 0.717) is 5.56 Å². The summed E-state index contributed by atoms with van der Waals surface area (Å²) in [5, 5.41) is 2.25. The summed E-state index contributed by atoms with van der Waals surface area (Å²) in [5.41, 5.74) is 0.990. The van der Waals surface area contributed by atoms with Crippen molar-refractivity contribution in [1.29, 1.82) is 0 Å². The van der Waals surface area contributed by atoms with Gasteiger partial charge in [0.05, 0.1) is 0 Å². The minimum atomic E-state index is -0.824. The first-order valence-electron chi connectivity index (χ1n) is 6.06. The molecule has 0 saturated heterocycles. The minimum absolute atomic E-state index is 0.276. The van der Waals surface area contributed by atoms with Gasteiger partial charge < -0.3 is 5.32 Å². The van der Waals surface area contributed by atoms with Crippen molar-refractivity contribution < 1.29 is 13.6 Å². The monoisotopic (exact) mass is 339 g/mol. The van der Waals surface area contributed by atoms with Gasteiger partial charge in [-0.15, -0.1) is 0 Å². The largest absolute Gasteiger partial charge is 0.317 e. The van der Waals surface area contributed by atoms with Gasteiger partial charge in [0.2, 0.25) is 0 Å². The van der Waals surface area contributed by atoms with Crippen molar-refractivity contribution in [3.8, 4) is 0 Å². The molecule has 104 valence electrons. The lowest BCUT2D eigenvalue weighted by Crippen LogP contribution is -2.14. The highest BCUT2D eigenvalue weighted by Gasteiger charge is 2.14. The van der Waals surface area contributed by atoms with E-state index in [1.165, 1.54) is 0 Å². The van der Waals surface area contributed by atoms with Crippen LogP contribution in [0, 0.1) is 11.6 Å². The average molecular weight is 340 g/mol. The fraction of sp³-hybridized carbons (Fsp3) is 0.133. The quantitative estimate of drug-likeness (QED) is 0.873. The van der Waals surface area contributed by atoms with Crippen molar-refractivity contribution in [3.63, 3.8) is 0 Å². The Labute approximate surface area is 123 Å². The summed E-state index contributed by atoms with van der Waals surface area (Å²) in [6.07, 6.45) is 0.859. The van der Waals surface area contributed by atoms with E-state index < -0.39 is 23.2 Å². The summed E-state index contributed by atoms with van der Waals surface area (Å²) in [7, 11) is 0. The van der Waals surface area contributed by atoms with Gasteiger partial charge in [-0.2, -0.15) is 0 Å². The Morgan fingerprint density at radius 2 is 1.70 bits per heavy atom. The molecule has 0 fully saturated rings. The van der Waals surface area contributed by atoms with Crippen LogP contribution in [0.4, 0.5) is 14.5 Å². The number of aryl methyl sites for hydroxylation is 1. The Morgan fingerprint density at radius 1 is 1.15 bits per heavy atom. The van der Waals surface area contributed by atoms with Crippen molar-refractivity contribution >= 4 is 27.5 Å². The molecule has 0 saturated carbocycles. The van der Waals surface area contributed by atoms with Crippen LogP contribution >= 0.6 is 15.9 Å². The lowest BCUT2D eigenvalue weighted by Gasteiger charge is -2.08.